The van der Waals surface area contributed by atoms with E-state index in [9.17, 15) is 4.39 Å². The fraction of sp³-hybridized carbons (Fsp3) is 0.0769. The zero-order valence-corrected chi connectivity index (χ0v) is 12.0. The molecule has 0 aliphatic carbocycles. The largest absolute Gasteiger partial charge is 0.366 e. The van der Waals surface area contributed by atoms with Gasteiger partial charge in [-0.2, -0.15) is 5.10 Å². The molecule has 0 amide bonds. The number of aromatic nitrogens is 3. The van der Waals surface area contributed by atoms with Gasteiger partial charge in [-0.15, -0.1) is 0 Å². The molecule has 0 radical (unpaired) electrons. The molecule has 0 atom stereocenters. The molecule has 3 aromatic rings. The first-order valence-electron chi connectivity index (χ1n) is 5.70. The quantitative estimate of drug-likeness (QED) is 0.723. The second-order valence-corrected chi connectivity index (χ2v) is 5.22. The predicted octanol–water partition coefficient (Wildman–Crippen LogP) is 3.09. The minimum Gasteiger partial charge on any atom is -0.366 e. The van der Waals surface area contributed by atoms with E-state index in [4.69, 9.17) is 0 Å². The molecule has 0 aliphatic rings. The number of nitrogens with one attached hydrogen (secondary N) is 1. The van der Waals surface area contributed by atoms with Crippen LogP contribution >= 0.6 is 22.6 Å². The van der Waals surface area contributed by atoms with Gasteiger partial charge in [-0.05, 0) is 46.4 Å². The maximum Gasteiger partial charge on any atom is 0.170 e. The Morgan fingerprint density at radius 2 is 2.00 bits per heavy atom. The Kier molecular flexibility index (Phi) is 3.33. The van der Waals surface area contributed by atoms with Crippen LogP contribution < -0.4 is 5.32 Å². The second kappa shape index (κ2) is 5.12. The van der Waals surface area contributed by atoms with Crippen molar-refractivity contribution in [1.82, 2.24) is 14.6 Å². The minimum absolute atomic E-state index is 0.225. The average molecular weight is 368 g/mol. The Hall–Kier alpha value is -1.70. The highest BCUT2D eigenvalue weighted by Gasteiger charge is 2.03. The number of benzene rings is 1. The maximum absolute atomic E-state index is 12.8. The van der Waals surface area contributed by atoms with Gasteiger partial charge in [-0.25, -0.2) is 13.9 Å². The van der Waals surface area contributed by atoms with E-state index in [1.165, 1.54) is 12.1 Å². The fourth-order valence-corrected chi connectivity index (χ4v) is 2.23. The molecule has 0 unspecified atom stereocenters. The number of anilines is 1. The van der Waals surface area contributed by atoms with Crippen LogP contribution in [0.25, 0.3) is 5.65 Å². The van der Waals surface area contributed by atoms with Crippen LogP contribution in [0.2, 0.25) is 0 Å². The van der Waals surface area contributed by atoms with Gasteiger partial charge in [0.2, 0.25) is 0 Å². The zero-order chi connectivity index (χ0) is 13.2. The summed E-state index contributed by atoms with van der Waals surface area (Å²) in [7, 11) is 0. The number of fused-ring (bicyclic) bond motifs is 1. The smallest absolute Gasteiger partial charge is 0.170 e. The molecular formula is C13H10FIN4. The monoisotopic (exact) mass is 368 g/mol. The van der Waals surface area contributed by atoms with Crippen LogP contribution in [0.15, 0.2) is 42.7 Å². The van der Waals surface area contributed by atoms with Gasteiger partial charge in [0.25, 0.3) is 0 Å². The van der Waals surface area contributed by atoms with Crippen LogP contribution in [-0.2, 0) is 6.54 Å². The number of hydrogen-bond acceptors (Lipinski definition) is 3. The molecule has 2 heterocycles. The number of rotatable bonds is 3. The summed E-state index contributed by atoms with van der Waals surface area (Å²) in [5.41, 5.74) is 1.83. The Morgan fingerprint density at radius 1 is 1.21 bits per heavy atom. The molecule has 4 nitrogen and oxygen atoms in total. The molecule has 96 valence electrons. The van der Waals surface area contributed by atoms with Crippen molar-refractivity contribution < 1.29 is 4.39 Å². The minimum atomic E-state index is -0.225. The third kappa shape index (κ3) is 2.67. The summed E-state index contributed by atoms with van der Waals surface area (Å²) in [6.07, 6.45) is 3.63. The third-order valence-electron chi connectivity index (χ3n) is 2.71. The summed E-state index contributed by atoms with van der Waals surface area (Å²) in [5.74, 6) is 0.548. The summed E-state index contributed by atoms with van der Waals surface area (Å²) in [5, 5.41) is 7.38. The SMILES string of the molecule is Fc1ccc(CNc2ccn3ncc(I)c3n2)cc1. The average Bonchev–Trinajstić information content (AvgIpc) is 2.80. The van der Waals surface area contributed by atoms with E-state index in [2.05, 4.69) is 38.0 Å². The molecule has 0 aliphatic heterocycles. The lowest BCUT2D eigenvalue weighted by Crippen LogP contribution is -2.02. The van der Waals surface area contributed by atoms with Gasteiger partial charge in [0.15, 0.2) is 5.65 Å². The van der Waals surface area contributed by atoms with E-state index in [-0.39, 0.29) is 5.82 Å². The van der Waals surface area contributed by atoms with Gasteiger partial charge >= 0.3 is 0 Å². The van der Waals surface area contributed by atoms with E-state index in [1.807, 2.05) is 12.3 Å². The van der Waals surface area contributed by atoms with Gasteiger partial charge in [0.1, 0.15) is 11.6 Å². The van der Waals surface area contributed by atoms with Crippen molar-refractivity contribution in [2.45, 2.75) is 6.54 Å². The van der Waals surface area contributed by atoms with Crippen molar-refractivity contribution in [3.05, 3.63) is 57.7 Å². The summed E-state index contributed by atoms with van der Waals surface area (Å²) >= 11 is 2.20. The third-order valence-corrected chi connectivity index (χ3v) is 3.47. The topological polar surface area (TPSA) is 42.2 Å². The molecule has 0 bridgehead atoms. The Morgan fingerprint density at radius 3 is 2.79 bits per heavy atom. The highest BCUT2D eigenvalue weighted by Crippen LogP contribution is 2.14. The molecule has 1 aromatic carbocycles. The van der Waals surface area contributed by atoms with Crippen molar-refractivity contribution in [2.75, 3.05) is 5.32 Å². The highest BCUT2D eigenvalue weighted by atomic mass is 127. The van der Waals surface area contributed by atoms with Crippen molar-refractivity contribution in [3.63, 3.8) is 0 Å². The molecule has 0 fully saturated rings. The summed E-state index contributed by atoms with van der Waals surface area (Å²) in [6, 6.07) is 8.27. The Bertz CT molecular complexity index is 708. The van der Waals surface area contributed by atoms with Crippen molar-refractivity contribution in [1.29, 1.82) is 0 Å². The van der Waals surface area contributed by atoms with Crippen LogP contribution in [-0.4, -0.2) is 14.6 Å². The first kappa shape index (κ1) is 12.3. The molecule has 6 heteroatoms. The van der Waals surface area contributed by atoms with E-state index < -0.39 is 0 Å². The van der Waals surface area contributed by atoms with E-state index in [0.717, 1.165) is 20.6 Å². The van der Waals surface area contributed by atoms with Gasteiger partial charge in [-0.3, -0.25) is 0 Å². The van der Waals surface area contributed by atoms with Crippen molar-refractivity contribution in [2.24, 2.45) is 0 Å². The Labute approximate surface area is 122 Å². The molecule has 1 N–H and O–H groups in total. The van der Waals surface area contributed by atoms with Crippen LogP contribution in [0.1, 0.15) is 5.56 Å². The highest BCUT2D eigenvalue weighted by molar-refractivity contribution is 14.1. The lowest BCUT2D eigenvalue weighted by Gasteiger charge is -2.06. The van der Waals surface area contributed by atoms with Gasteiger partial charge < -0.3 is 5.32 Å². The number of hydrogen-bond donors (Lipinski definition) is 1. The number of nitrogens with zero attached hydrogens (tertiary/aromatic N) is 3. The van der Waals surface area contributed by atoms with Crippen molar-refractivity contribution in [3.8, 4) is 0 Å². The normalized spacial score (nSPS) is 10.8. The molecule has 3 rings (SSSR count). The summed E-state index contributed by atoms with van der Waals surface area (Å²) in [4.78, 5) is 4.48. The summed E-state index contributed by atoms with van der Waals surface area (Å²) < 4.78 is 15.5. The van der Waals surface area contributed by atoms with Crippen LogP contribution in [0.5, 0.6) is 0 Å². The molecular weight excluding hydrogens is 358 g/mol. The van der Waals surface area contributed by atoms with E-state index in [0.29, 0.717) is 6.54 Å². The van der Waals surface area contributed by atoms with E-state index >= 15 is 0 Å². The van der Waals surface area contributed by atoms with Crippen LogP contribution in [0.3, 0.4) is 0 Å². The molecule has 0 saturated carbocycles. The molecule has 0 spiro atoms. The lowest BCUT2D eigenvalue weighted by atomic mass is 10.2. The van der Waals surface area contributed by atoms with Crippen LogP contribution in [0, 0.1) is 9.39 Å². The van der Waals surface area contributed by atoms with Crippen molar-refractivity contribution >= 4 is 34.1 Å². The standard InChI is InChI=1S/C13H10FIN4/c14-10-3-1-9(2-4-10)7-16-12-5-6-19-13(18-12)11(15)8-17-19/h1-6,8H,7H2,(H,16,18). The molecule has 2 aromatic heterocycles. The first-order chi connectivity index (χ1) is 9.22. The molecule has 19 heavy (non-hydrogen) atoms. The second-order valence-electron chi connectivity index (χ2n) is 4.05. The Balaban J connectivity index is 1.77. The zero-order valence-electron chi connectivity index (χ0n) is 9.85. The van der Waals surface area contributed by atoms with Gasteiger partial charge in [0.05, 0.1) is 9.77 Å². The first-order valence-corrected chi connectivity index (χ1v) is 6.78. The van der Waals surface area contributed by atoms with Crippen LogP contribution in [0.4, 0.5) is 10.2 Å². The molecule has 0 saturated heterocycles. The fourth-order valence-electron chi connectivity index (χ4n) is 1.73. The van der Waals surface area contributed by atoms with E-state index in [1.54, 1.807) is 22.8 Å². The summed E-state index contributed by atoms with van der Waals surface area (Å²) in [6.45, 7) is 0.605. The maximum atomic E-state index is 12.8. The lowest BCUT2D eigenvalue weighted by molar-refractivity contribution is 0.627. The number of halogens is 2. The predicted molar refractivity (Wildman–Crippen MR) is 79.4 cm³/mol. The van der Waals surface area contributed by atoms with Gasteiger partial charge in [-0.1, -0.05) is 12.1 Å². The van der Waals surface area contributed by atoms with Gasteiger partial charge in [0, 0.05) is 12.7 Å².